The van der Waals surface area contributed by atoms with E-state index in [-0.39, 0.29) is 4.90 Å². The summed E-state index contributed by atoms with van der Waals surface area (Å²) in [7, 11) is 0.475. The lowest BCUT2D eigenvalue weighted by molar-refractivity contribution is -0.117. The van der Waals surface area contributed by atoms with Gasteiger partial charge in [0.15, 0.2) is 21.3 Å². The van der Waals surface area contributed by atoms with Crippen molar-refractivity contribution < 1.29 is 27.1 Å². The van der Waals surface area contributed by atoms with Crippen molar-refractivity contribution in [3.63, 3.8) is 0 Å². The summed E-state index contributed by atoms with van der Waals surface area (Å²) >= 11 is 0. The molecule has 26 heavy (non-hydrogen) atoms. The Labute approximate surface area is 152 Å². The van der Waals surface area contributed by atoms with Crippen LogP contribution in [0.25, 0.3) is 0 Å². The van der Waals surface area contributed by atoms with Gasteiger partial charge in [-0.1, -0.05) is 0 Å². The highest BCUT2D eigenvalue weighted by molar-refractivity contribution is 7.92. The smallest absolute Gasteiger partial charge is 0.245 e. The van der Waals surface area contributed by atoms with Crippen LogP contribution in [0.15, 0.2) is 47.4 Å². The number of nitrogens with zero attached hydrogens (tertiary/aromatic N) is 1. The highest BCUT2D eigenvalue weighted by Crippen LogP contribution is 2.31. The van der Waals surface area contributed by atoms with Crippen molar-refractivity contribution in [3.05, 3.63) is 48.3 Å². The van der Waals surface area contributed by atoms with Crippen LogP contribution >= 0.6 is 0 Å². The monoisotopic (exact) mass is 381 g/mol. The van der Waals surface area contributed by atoms with Crippen LogP contribution in [0.3, 0.4) is 0 Å². The Morgan fingerprint density at radius 3 is 2.15 bits per heavy atom. The predicted molar refractivity (Wildman–Crippen MR) is 96.0 cm³/mol. The minimum atomic E-state index is -3.95. The first-order chi connectivity index (χ1) is 12.2. The molecule has 2 rings (SSSR count). The average Bonchev–Trinajstić information content (AvgIpc) is 2.65. The van der Waals surface area contributed by atoms with Gasteiger partial charge in [-0.3, -0.25) is 4.79 Å². The summed E-state index contributed by atoms with van der Waals surface area (Å²) < 4.78 is 48.6. The number of ether oxygens (including phenoxy) is 2. The van der Waals surface area contributed by atoms with E-state index in [9.17, 15) is 17.6 Å². The second-order valence-corrected chi connectivity index (χ2v) is 7.85. The van der Waals surface area contributed by atoms with E-state index in [0.717, 1.165) is 24.3 Å². The molecule has 0 heterocycles. The summed E-state index contributed by atoms with van der Waals surface area (Å²) in [5.74, 6) is -0.269. The van der Waals surface area contributed by atoms with Gasteiger partial charge in [0.1, 0.15) is 11.1 Å². The Bertz CT molecular complexity index is 896. The summed E-state index contributed by atoms with van der Waals surface area (Å²) in [4.78, 5) is 13.8. The van der Waals surface area contributed by atoms with Crippen molar-refractivity contribution in [3.8, 4) is 11.5 Å². The van der Waals surface area contributed by atoms with Crippen LogP contribution in [-0.2, 0) is 14.6 Å². The molecule has 0 aliphatic carbocycles. The number of rotatable bonds is 6. The fourth-order valence-electron chi connectivity index (χ4n) is 2.39. The van der Waals surface area contributed by atoms with Crippen molar-refractivity contribution in [2.24, 2.45) is 0 Å². The average molecular weight is 381 g/mol. The topological polar surface area (TPSA) is 72.9 Å². The normalized spacial score (nSPS) is 12.3. The second kappa shape index (κ2) is 7.74. The largest absolute Gasteiger partial charge is 0.493 e. The van der Waals surface area contributed by atoms with Gasteiger partial charge in [-0.25, -0.2) is 12.8 Å². The summed E-state index contributed by atoms with van der Waals surface area (Å²) in [6, 6.07) is 9.20. The van der Waals surface area contributed by atoms with Crippen LogP contribution in [0.5, 0.6) is 11.5 Å². The summed E-state index contributed by atoms with van der Waals surface area (Å²) in [6.07, 6.45) is 0. The molecule has 1 unspecified atom stereocenters. The molecule has 0 saturated carbocycles. The maximum Gasteiger partial charge on any atom is 0.245 e. The van der Waals surface area contributed by atoms with Crippen LogP contribution < -0.4 is 14.4 Å². The zero-order valence-corrected chi connectivity index (χ0v) is 15.7. The van der Waals surface area contributed by atoms with E-state index >= 15 is 0 Å². The van der Waals surface area contributed by atoms with E-state index in [2.05, 4.69) is 0 Å². The molecule has 6 nitrogen and oxygen atoms in total. The van der Waals surface area contributed by atoms with Crippen LogP contribution in [0.1, 0.15) is 6.92 Å². The van der Waals surface area contributed by atoms with Gasteiger partial charge in [0.2, 0.25) is 5.91 Å². The van der Waals surface area contributed by atoms with Gasteiger partial charge in [0.25, 0.3) is 0 Å². The maximum absolute atomic E-state index is 13.0. The van der Waals surface area contributed by atoms with Gasteiger partial charge in [-0.2, -0.15) is 0 Å². The number of benzene rings is 2. The molecule has 0 aliphatic heterocycles. The minimum absolute atomic E-state index is 0.111. The van der Waals surface area contributed by atoms with Crippen molar-refractivity contribution >= 4 is 21.4 Å². The van der Waals surface area contributed by atoms with Crippen LogP contribution in [0.4, 0.5) is 10.1 Å². The number of hydrogen-bond donors (Lipinski definition) is 0. The molecule has 0 fully saturated rings. The Morgan fingerprint density at radius 2 is 1.62 bits per heavy atom. The van der Waals surface area contributed by atoms with Crippen LogP contribution in [0.2, 0.25) is 0 Å². The quantitative estimate of drug-likeness (QED) is 0.720. The number of carbonyl (C=O) groups is 1. The van der Waals surface area contributed by atoms with E-state index in [0.29, 0.717) is 17.2 Å². The van der Waals surface area contributed by atoms with Crippen LogP contribution in [-0.4, -0.2) is 40.8 Å². The first-order valence-electron chi connectivity index (χ1n) is 7.71. The molecule has 0 aliphatic rings. The predicted octanol–water partition coefficient (Wildman–Crippen LogP) is 2.67. The highest BCUT2D eigenvalue weighted by atomic mass is 32.2. The van der Waals surface area contributed by atoms with Gasteiger partial charge in [0, 0.05) is 18.8 Å². The van der Waals surface area contributed by atoms with E-state index in [1.54, 1.807) is 18.2 Å². The molecule has 1 atom stereocenters. The number of sulfone groups is 1. The maximum atomic E-state index is 13.0. The lowest BCUT2D eigenvalue weighted by Crippen LogP contribution is -2.39. The number of halogens is 1. The fourth-order valence-corrected chi connectivity index (χ4v) is 3.74. The number of hydrogen-bond acceptors (Lipinski definition) is 5. The molecule has 2 aromatic carbocycles. The van der Waals surface area contributed by atoms with E-state index in [1.807, 2.05) is 0 Å². The zero-order valence-electron chi connectivity index (χ0n) is 14.9. The first-order valence-corrected chi connectivity index (χ1v) is 9.26. The van der Waals surface area contributed by atoms with Gasteiger partial charge < -0.3 is 14.4 Å². The summed E-state index contributed by atoms with van der Waals surface area (Å²) in [6.45, 7) is 1.30. The molecule has 2 aromatic rings. The van der Waals surface area contributed by atoms with E-state index in [1.165, 1.54) is 33.1 Å². The van der Waals surface area contributed by atoms with Gasteiger partial charge in [-0.05, 0) is 43.3 Å². The molecule has 0 saturated heterocycles. The molecule has 8 heteroatoms. The zero-order chi connectivity index (χ0) is 19.5. The lowest BCUT2D eigenvalue weighted by Gasteiger charge is -2.22. The Kier molecular flexibility index (Phi) is 5.86. The molecule has 140 valence electrons. The molecular weight excluding hydrogens is 361 g/mol. The second-order valence-electron chi connectivity index (χ2n) is 5.58. The van der Waals surface area contributed by atoms with Crippen molar-refractivity contribution in [2.45, 2.75) is 17.1 Å². The fraction of sp³-hybridized carbons (Fsp3) is 0.278. The SMILES string of the molecule is COc1ccc(N(C)C(=O)C(C)S(=O)(=O)c2ccc(F)cc2)cc1OC. The minimum Gasteiger partial charge on any atom is -0.493 e. The Balaban J connectivity index is 2.31. The molecule has 1 amide bonds. The summed E-state index contributed by atoms with van der Waals surface area (Å²) in [5, 5.41) is -1.34. The molecule has 0 spiro atoms. The van der Waals surface area contributed by atoms with Crippen molar-refractivity contribution in [1.29, 1.82) is 0 Å². The first kappa shape index (κ1) is 19.7. The van der Waals surface area contributed by atoms with E-state index in [4.69, 9.17) is 9.47 Å². The number of amides is 1. The standard InChI is InChI=1S/C18H20FNO5S/c1-12(26(22,23)15-8-5-13(19)6-9-15)18(21)20(2)14-7-10-16(24-3)17(11-14)25-4/h5-12H,1-4H3. The number of carbonyl (C=O) groups excluding carboxylic acids is 1. The van der Waals surface area contributed by atoms with Crippen molar-refractivity contribution in [2.75, 3.05) is 26.2 Å². The summed E-state index contributed by atoms with van der Waals surface area (Å²) in [5.41, 5.74) is 0.453. The third kappa shape index (κ3) is 3.80. The molecule has 0 radical (unpaired) electrons. The van der Waals surface area contributed by atoms with E-state index < -0.39 is 26.8 Å². The molecule has 0 aromatic heterocycles. The number of anilines is 1. The molecule has 0 bridgehead atoms. The van der Waals surface area contributed by atoms with Gasteiger partial charge in [-0.15, -0.1) is 0 Å². The van der Waals surface area contributed by atoms with Gasteiger partial charge in [0.05, 0.1) is 19.1 Å². The van der Waals surface area contributed by atoms with Gasteiger partial charge >= 0.3 is 0 Å². The molecule has 0 N–H and O–H groups in total. The third-order valence-electron chi connectivity index (χ3n) is 4.04. The molecular formula is C18H20FNO5S. The third-order valence-corrected chi connectivity index (χ3v) is 6.10. The Morgan fingerprint density at radius 1 is 1.04 bits per heavy atom. The number of methoxy groups -OCH3 is 2. The van der Waals surface area contributed by atoms with Crippen molar-refractivity contribution in [1.82, 2.24) is 0 Å². The van der Waals surface area contributed by atoms with Crippen LogP contribution in [0, 0.1) is 5.82 Å². The highest BCUT2D eigenvalue weighted by Gasteiger charge is 2.32. The lowest BCUT2D eigenvalue weighted by atomic mass is 10.2. The Hall–Kier alpha value is -2.61.